The lowest BCUT2D eigenvalue weighted by Gasteiger charge is -2.18. The van der Waals surface area contributed by atoms with Crippen molar-refractivity contribution in [1.29, 1.82) is 0 Å². The molecule has 0 spiro atoms. The van der Waals surface area contributed by atoms with E-state index in [9.17, 15) is 9.59 Å². The highest BCUT2D eigenvalue weighted by Gasteiger charge is 2.27. The maximum Gasteiger partial charge on any atom is 0.309 e. The largest absolute Gasteiger partial charge is 0.481 e. The fraction of sp³-hybridized carbons (Fsp3) is 0.667. The molecule has 0 atom stereocenters. The van der Waals surface area contributed by atoms with Crippen LogP contribution in [0, 0.1) is 5.41 Å². The molecule has 0 saturated heterocycles. The highest BCUT2D eigenvalue weighted by atomic mass is 16.4. The van der Waals surface area contributed by atoms with Gasteiger partial charge in [-0.05, 0) is 39.2 Å². The van der Waals surface area contributed by atoms with Crippen LogP contribution in [0.5, 0.6) is 0 Å². The highest BCUT2D eigenvalue weighted by molar-refractivity contribution is 5.92. The predicted molar refractivity (Wildman–Crippen MR) is 78.1 cm³/mol. The van der Waals surface area contributed by atoms with E-state index >= 15 is 0 Å². The predicted octanol–water partition coefficient (Wildman–Crippen LogP) is 2.23. The summed E-state index contributed by atoms with van der Waals surface area (Å²) in [7, 11) is 0. The molecule has 0 aromatic carbocycles. The molecule has 0 aliphatic heterocycles. The van der Waals surface area contributed by atoms with Crippen LogP contribution in [0.2, 0.25) is 0 Å². The van der Waals surface area contributed by atoms with E-state index in [1.54, 1.807) is 19.9 Å². The fourth-order valence-electron chi connectivity index (χ4n) is 2.52. The van der Waals surface area contributed by atoms with E-state index in [4.69, 9.17) is 5.11 Å². The lowest BCUT2D eigenvalue weighted by molar-refractivity contribution is -0.147. The van der Waals surface area contributed by atoms with Gasteiger partial charge in [-0.25, -0.2) is 0 Å². The Kier molecular flexibility index (Phi) is 4.65. The Labute approximate surface area is 124 Å². The highest BCUT2D eigenvalue weighted by Crippen LogP contribution is 2.28. The summed E-state index contributed by atoms with van der Waals surface area (Å²) in [6, 6.07) is 2.13. The number of rotatable bonds is 6. The lowest BCUT2D eigenvalue weighted by atomic mass is 9.90. The van der Waals surface area contributed by atoms with Gasteiger partial charge in [-0.15, -0.1) is 0 Å². The molecule has 6 nitrogen and oxygen atoms in total. The number of amides is 1. The van der Waals surface area contributed by atoms with Crippen LogP contribution in [-0.2, 0) is 4.79 Å². The molecule has 0 unspecified atom stereocenters. The first-order chi connectivity index (χ1) is 9.90. The summed E-state index contributed by atoms with van der Waals surface area (Å²) < 4.78 is 1.88. The van der Waals surface area contributed by atoms with Crippen LogP contribution in [0.25, 0.3) is 0 Å². The van der Waals surface area contributed by atoms with Crippen molar-refractivity contribution in [2.75, 3.05) is 6.54 Å². The SMILES string of the molecule is CC(C)(CCNC(=O)c1ccn(C2CCCC2)n1)C(=O)O. The number of aromatic nitrogens is 2. The molecule has 1 aliphatic carbocycles. The molecule has 1 aliphatic rings. The van der Waals surface area contributed by atoms with Gasteiger partial charge in [0.15, 0.2) is 0 Å². The number of carbonyl (C=O) groups is 2. The number of aliphatic carboxylic acids is 1. The van der Waals surface area contributed by atoms with Crippen molar-refractivity contribution in [2.24, 2.45) is 5.41 Å². The first-order valence-corrected chi connectivity index (χ1v) is 7.47. The van der Waals surface area contributed by atoms with Gasteiger partial charge < -0.3 is 10.4 Å². The zero-order chi connectivity index (χ0) is 15.5. The Morgan fingerprint density at radius 2 is 2.10 bits per heavy atom. The van der Waals surface area contributed by atoms with Crippen molar-refractivity contribution in [3.63, 3.8) is 0 Å². The molecule has 0 bridgehead atoms. The molecule has 0 radical (unpaired) electrons. The van der Waals surface area contributed by atoms with Crippen molar-refractivity contribution in [1.82, 2.24) is 15.1 Å². The molecule has 2 rings (SSSR count). The van der Waals surface area contributed by atoms with Crippen LogP contribution < -0.4 is 5.32 Å². The summed E-state index contributed by atoms with van der Waals surface area (Å²) in [5, 5.41) is 16.1. The molecule has 1 fully saturated rings. The summed E-state index contributed by atoms with van der Waals surface area (Å²) >= 11 is 0. The van der Waals surface area contributed by atoms with Gasteiger partial charge in [0.05, 0.1) is 11.5 Å². The average molecular weight is 293 g/mol. The topological polar surface area (TPSA) is 84.2 Å². The smallest absolute Gasteiger partial charge is 0.309 e. The van der Waals surface area contributed by atoms with Crippen LogP contribution in [0.1, 0.15) is 62.5 Å². The summed E-state index contributed by atoms with van der Waals surface area (Å²) in [4.78, 5) is 23.0. The summed E-state index contributed by atoms with van der Waals surface area (Å²) in [6.45, 7) is 3.63. The third-order valence-corrected chi connectivity index (χ3v) is 4.15. The maximum atomic E-state index is 12.0. The van der Waals surface area contributed by atoms with Crippen molar-refractivity contribution >= 4 is 11.9 Å². The van der Waals surface area contributed by atoms with E-state index in [2.05, 4.69) is 10.4 Å². The van der Waals surface area contributed by atoms with E-state index in [0.717, 1.165) is 12.8 Å². The van der Waals surface area contributed by atoms with Crippen LogP contribution >= 0.6 is 0 Å². The third-order valence-electron chi connectivity index (χ3n) is 4.15. The normalized spacial score (nSPS) is 16.1. The third kappa shape index (κ3) is 3.83. The second-order valence-electron chi connectivity index (χ2n) is 6.31. The Balaban J connectivity index is 1.85. The van der Waals surface area contributed by atoms with Crippen molar-refractivity contribution in [3.8, 4) is 0 Å². The Morgan fingerprint density at radius 1 is 1.43 bits per heavy atom. The van der Waals surface area contributed by atoms with Crippen molar-refractivity contribution < 1.29 is 14.7 Å². The van der Waals surface area contributed by atoms with Crippen LogP contribution in [0.4, 0.5) is 0 Å². The first kappa shape index (κ1) is 15.5. The van der Waals surface area contributed by atoms with E-state index < -0.39 is 11.4 Å². The number of carbonyl (C=O) groups excluding carboxylic acids is 1. The van der Waals surface area contributed by atoms with Gasteiger partial charge in [0.25, 0.3) is 5.91 Å². The summed E-state index contributed by atoms with van der Waals surface area (Å²) in [5.74, 6) is -1.10. The van der Waals surface area contributed by atoms with E-state index in [0.29, 0.717) is 24.7 Å². The summed E-state index contributed by atoms with van der Waals surface area (Å²) in [5.41, 5.74) is -0.439. The molecule has 1 aromatic rings. The quantitative estimate of drug-likeness (QED) is 0.842. The number of carboxylic acid groups (broad SMARTS) is 1. The van der Waals surface area contributed by atoms with E-state index in [1.165, 1.54) is 12.8 Å². The average Bonchev–Trinajstić information content (AvgIpc) is 3.09. The number of carboxylic acids is 1. The molecule has 21 heavy (non-hydrogen) atoms. The number of hydrogen-bond donors (Lipinski definition) is 2. The lowest BCUT2D eigenvalue weighted by Crippen LogP contribution is -2.32. The molecule has 6 heteroatoms. The van der Waals surface area contributed by atoms with Gasteiger partial charge in [0.1, 0.15) is 5.69 Å². The molecule has 2 N–H and O–H groups in total. The number of hydrogen-bond acceptors (Lipinski definition) is 3. The van der Waals surface area contributed by atoms with Gasteiger partial charge in [0, 0.05) is 12.7 Å². The molecule has 1 heterocycles. The molecule has 1 saturated carbocycles. The molecule has 1 aromatic heterocycles. The fourth-order valence-corrected chi connectivity index (χ4v) is 2.52. The van der Waals surface area contributed by atoms with Crippen LogP contribution in [-0.4, -0.2) is 33.3 Å². The van der Waals surface area contributed by atoms with Gasteiger partial charge in [-0.3, -0.25) is 14.3 Å². The zero-order valence-electron chi connectivity index (χ0n) is 12.6. The van der Waals surface area contributed by atoms with Gasteiger partial charge in [0.2, 0.25) is 0 Å². The Bertz CT molecular complexity index is 516. The molecule has 116 valence electrons. The minimum absolute atomic E-state index is 0.243. The molecule has 1 amide bonds. The summed E-state index contributed by atoms with van der Waals surface area (Å²) in [6.07, 6.45) is 6.92. The van der Waals surface area contributed by atoms with E-state index in [1.807, 2.05) is 10.9 Å². The number of nitrogens with zero attached hydrogens (tertiary/aromatic N) is 2. The van der Waals surface area contributed by atoms with Crippen molar-refractivity contribution in [3.05, 3.63) is 18.0 Å². The van der Waals surface area contributed by atoms with Crippen LogP contribution in [0.3, 0.4) is 0 Å². The monoisotopic (exact) mass is 293 g/mol. The van der Waals surface area contributed by atoms with Gasteiger partial charge >= 0.3 is 5.97 Å². The van der Waals surface area contributed by atoms with Gasteiger partial charge in [-0.2, -0.15) is 5.10 Å². The Morgan fingerprint density at radius 3 is 2.71 bits per heavy atom. The standard InChI is InChI=1S/C15H23N3O3/c1-15(2,14(20)21)8-9-16-13(19)12-7-10-18(17-12)11-5-3-4-6-11/h7,10-11H,3-6,8-9H2,1-2H3,(H,16,19)(H,20,21). The van der Waals surface area contributed by atoms with Gasteiger partial charge in [-0.1, -0.05) is 12.8 Å². The number of nitrogens with one attached hydrogen (secondary N) is 1. The first-order valence-electron chi connectivity index (χ1n) is 7.47. The molecular weight excluding hydrogens is 270 g/mol. The van der Waals surface area contributed by atoms with E-state index in [-0.39, 0.29) is 5.91 Å². The minimum atomic E-state index is -0.859. The molecular formula is C15H23N3O3. The van der Waals surface area contributed by atoms with Crippen molar-refractivity contribution in [2.45, 2.75) is 52.0 Å². The maximum absolute atomic E-state index is 12.0. The second-order valence-corrected chi connectivity index (χ2v) is 6.31. The Hall–Kier alpha value is -1.85. The van der Waals surface area contributed by atoms with Crippen LogP contribution in [0.15, 0.2) is 12.3 Å². The minimum Gasteiger partial charge on any atom is -0.481 e. The zero-order valence-corrected chi connectivity index (χ0v) is 12.6. The second kappa shape index (κ2) is 6.28.